The Kier molecular flexibility index (Phi) is 6.72. The lowest BCUT2D eigenvalue weighted by atomic mass is 10.1. The van der Waals surface area contributed by atoms with Gasteiger partial charge in [-0.3, -0.25) is 0 Å². The van der Waals surface area contributed by atoms with Gasteiger partial charge in [-0.25, -0.2) is 0 Å². The molecule has 0 saturated heterocycles. The van der Waals surface area contributed by atoms with Crippen LogP contribution in [0.25, 0.3) is 11.1 Å². The minimum absolute atomic E-state index is 0. The molecule has 0 bridgehead atoms. The molecule has 0 amide bonds. The maximum atomic E-state index is 5.43. The summed E-state index contributed by atoms with van der Waals surface area (Å²) in [5.41, 5.74) is 10.1. The van der Waals surface area contributed by atoms with E-state index in [2.05, 4.69) is 48.5 Å². The molecule has 0 aliphatic carbocycles. The van der Waals surface area contributed by atoms with E-state index in [1.165, 1.54) is 16.7 Å². The molecule has 3 aromatic rings. The Morgan fingerprint density at radius 2 is 0.952 bits per heavy atom. The van der Waals surface area contributed by atoms with E-state index >= 15 is 0 Å². The minimum Gasteiger partial charge on any atom is -0.399 e. The quantitative estimate of drug-likeness (QED) is 0.609. The summed E-state index contributed by atoms with van der Waals surface area (Å²) in [5, 5.41) is 0. The van der Waals surface area contributed by atoms with Gasteiger partial charge in [0.15, 0.2) is 0 Å². The van der Waals surface area contributed by atoms with Crippen molar-refractivity contribution in [1.29, 1.82) is 0 Å². The number of nitrogen functional groups attached to an aromatic ring is 1. The van der Waals surface area contributed by atoms with Crippen molar-refractivity contribution in [2.45, 2.75) is 6.92 Å². The molecular weight excluding hydrogens is 256 g/mol. The first-order valence-corrected chi connectivity index (χ1v) is 6.68. The molecule has 2 nitrogen and oxygen atoms in total. The number of hydrogen-bond acceptors (Lipinski definition) is 2. The molecule has 0 fully saturated rings. The zero-order valence-electron chi connectivity index (χ0n) is 12.4. The second-order valence-electron chi connectivity index (χ2n) is 4.64. The van der Waals surface area contributed by atoms with E-state index in [-0.39, 0.29) is 6.15 Å². The first-order valence-electron chi connectivity index (χ1n) is 6.68. The van der Waals surface area contributed by atoms with Crippen LogP contribution in [0, 0.1) is 6.92 Å². The van der Waals surface area contributed by atoms with Gasteiger partial charge in [0.1, 0.15) is 0 Å². The Hall–Kier alpha value is -2.58. The monoisotopic (exact) mass is 278 g/mol. The predicted octanol–water partition coefficient (Wildman–Crippen LogP) is 5.09. The topological polar surface area (TPSA) is 61.0 Å². The van der Waals surface area contributed by atoms with E-state index in [1.807, 2.05) is 43.3 Å². The molecule has 3 aromatic carbocycles. The van der Waals surface area contributed by atoms with Crippen LogP contribution in [0.3, 0.4) is 0 Å². The van der Waals surface area contributed by atoms with Crippen LogP contribution in [0.4, 0.5) is 5.69 Å². The Bertz CT molecular complexity index is 558. The van der Waals surface area contributed by atoms with Crippen LogP contribution in [0.2, 0.25) is 0 Å². The van der Waals surface area contributed by atoms with Crippen LogP contribution >= 0.6 is 0 Å². The van der Waals surface area contributed by atoms with Crippen molar-refractivity contribution in [3.63, 3.8) is 0 Å². The fourth-order valence-electron chi connectivity index (χ4n) is 1.83. The molecule has 108 valence electrons. The number of aryl methyl sites for hydroxylation is 1. The van der Waals surface area contributed by atoms with Gasteiger partial charge in [0.25, 0.3) is 0 Å². The Morgan fingerprint density at radius 3 is 1.29 bits per heavy atom. The van der Waals surface area contributed by atoms with E-state index in [0.717, 1.165) is 5.69 Å². The van der Waals surface area contributed by atoms with Crippen LogP contribution in [-0.4, -0.2) is 0 Å². The summed E-state index contributed by atoms with van der Waals surface area (Å²) >= 11 is 0. The van der Waals surface area contributed by atoms with Gasteiger partial charge in [-0.05, 0) is 30.2 Å². The Morgan fingerprint density at radius 1 is 0.571 bits per heavy atom. The first kappa shape index (κ1) is 16.5. The highest BCUT2D eigenvalue weighted by atomic mass is 14.5. The number of hydrogen-bond donors (Lipinski definition) is 2. The van der Waals surface area contributed by atoms with Crippen LogP contribution in [0.1, 0.15) is 5.56 Å². The molecule has 21 heavy (non-hydrogen) atoms. The van der Waals surface area contributed by atoms with Crippen molar-refractivity contribution >= 4 is 5.69 Å². The zero-order valence-corrected chi connectivity index (χ0v) is 12.4. The van der Waals surface area contributed by atoms with E-state index in [1.54, 1.807) is 0 Å². The number of anilines is 1. The van der Waals surface area contributed by atoms with Crippen molar-refractivity contribution in [2.75, 3.05) is 5.73 Å². The van der Waals surface area contributed by atoms with Crippen LogP contribution < -0.4 is 11.9 Å². The summed E-state index contributed by atoms with van der Waals surface area (Å²) in [4.78, 5) is 0. The summed E-state index contributed by atoms with van der Waals surface area (Å²) in [6.07, 6.45) is 0. The number of rotatable bonds is 1. The van der Waals surface area contributed by atoms with E-state index in [9.17, 15) is 0 Å². The molecular formula is C19H22N2. The van der Waals surface area contributed by atoms with Gasteiger partial charge in [0.05, 0.1) is 0 Å². The van der Waals surface area contributed by atoms with Gasteiger partial charge in [0, 0.05) is 5.69 Å². The van der Waals surface area contributed by atoms with Gasteiger partial charge < -0.3 is 11.9 Å². The minimum atomic E-state index is 0. The summed E-state index contributed by atoms with van der Waals surface area (Å²) in [7, 11) is 0. The van der Waals surface area contributed by atoms with E-state index in [0.29, 0.717) is 0 Å². The maximum absolute atomic E-state index is 5.43. The fourth-order valence-corrected chi connectivity index (χ4v) is 1.83. The summed E-state index contributed by atoms with van der Waals surface area (Å²) in [6.45, 7) is 2.04. The second kappa shape index (κ2) is 8.56. The lowest BCUT2D eigenvalue weighted by Crippen LogP contribution is -1.81. The molecule has 0 atom stereocenters. The maximum Gasteiger partial charge on any atom is 0.0314 e. The average Bonchev–Trinajstić information content (AvgIpc) is 2.53. The van der Waals surface area contributed by atoms with Crippen LogP contribution in [-0.2, 0) is 0 Å². The zero-order chi connectivity index (χ0) is 14.2. The third-order valence-corrected chi connectivity index (χ3v) is 2.96. The summed E-state index contributed by atoms with van der Waals surface area (Å²) < 4.78 is 0. The summed E-state index contributed by atoms with van der Waals surface area (Å²) in [6, 6.07) is 28.6. The molecule has 0 aliphatic rings. The fraction of sp³-hybridized carbons (Fsp3) is 0.0526. The molecule has 5 N–H and O–H groups in total. The van der Waals surface area contributed by atoms with Crippen LogP contribution in [0.5, 0.6) is 0 Å². The first-order chi connectivity index (χ1) is 9.75. The molecule has 0 spiro atoms. The third kappa shape index (κ3) is 5.51. The SMILES string of the molecule is Cc1ccc(N)cc1.N.c1ccc(-c2ccccc2)cc1. The normalized spacial score (nSPS) is 9.00. The Balaban J connectivity index is 0.000000216. The number of nitrogens with two attached hydrogens (primary N) is 1. The smallest absolute Gasteiger partial charge is 0.0314 e. The van der Waals surface area contributed by atoms with Gasteiger partial charge in [0.2, 0.25) is 0 Å². The van der Waals surface area contributed by atoms with Gasteiger partial charge in [-0.15, -0.1) is 0 Å². The molecule has 3 rings (SSSR count). The highest BCUT2D eigenvalue weighted by Crippen LogP contribution is 2.17. The lowest BCUT2D eigenvalue weighted by molar-refractivity contribution is 1.47. The standard InChI is InChI=1S/C12H10.C7H9N.H3N/c1-3-7-11(8-4-1)12-9-5-2-6-10-12;1-6-2-4-7(8)5-3-6;/h1-10H;2-5H,8H2,1H3;1H3. The predicted molar refractivity (Wildman–Crippen MR) is 92.5 cm³/mol. The van der Waals surface area contributed by atoms with Crippen LogP contribution in [0.15, 0.2) is 84.9 Å². The molecule has 2 heteroatoms. The summed E-state index contributed by atoms with van der Waals surface area (Å²) in [5.74, 6) is 0. The second-order valence-corrected chi connectivity index (χ2v) is 4.64. The molecule has 0 saturated carbocycles. The third-order valence-electron chi connectivity index (χ3n) is 2.96. The van der Waals surface area contributed by atoms with Gasteiger partial charge in [-0.2, -0.15) is 0 Å². The Labute approximate surface area is 126 Å². The molecule has 0 heterocycles. The van der Waals surface area contributed by atoms with Crippen molar-refractivity contribution in [1.82, 2.24) is 6.15 Å². The van der Waals surface area contributed by atoms with E-state index in [4.69, 9.17) is 5.73 Å². The highest BCUT2D eigenvalue weighted by Gasteiger charge is 1.91. The highest BCUT2D eigenvalue weighted by molar-refractivity contribution is 5.62. The van der Waals surface area contributed by atoms with Gasteiger partial charge in [-0.1, -0.05) is 78.4 Å². The largest absolute Gasteiger partial charge is 0.399 e. The van der Waals surface area contributed by atoms with Gasteiger partial charge >= 0.3 is 0 Å². The molecule has 0 aliphatic heterocycles. The lowest BCUT2D eigenvalue weighted by Gasteiger charge is -1.98. The molecule has 0 unspecified atom stereocenters. The van der Waals surface area contributed by atoms with Crippen molar-refractivity contribution in [2.24, 2.45) is 0 Å². The molecule has 0 radical (unpaired) electrons. The van der Waals surface area contributed by atoms with Crippen molar-refractivity contribution in [3.8, 4) is 11.1 Å². The number of benzene rings is 3. The molecule has 0 aromatic heterocycles. The van der Waals surface area contributed by atoms with Crippen molar-refractivity contribution in [3.05, 3.63) is 90.5 Å². The average molecular weight is 278 g/mol. The van der Waals surface area contributed by atoms with Crippen molar-refractivity contribution < 1.29 is 0 Å². The van der Waals surface area contributed by atoms with E-state index < -0.39 is 0 Å².